The highest BCUT2D eigenvalue weighted by Gasteiger charge is 2.36. The Morgan fingerprint density at radius 1 is 1.30 bits per heavy atom. The number of nitrogens with one attached hydrogen (secondary N) is 2. The predicted molar refractivity (Wildman–Crippen MR) is 126 cm³/mol. The normalized spacial score (nSPS) is 27.2. The molecule has 4 atom stereocenters. The summed E-state index contributed by atoms with van der Waals surface area (Å²) in [5, 5.41) is 6.47. The van der Waals surface area contributed by atoms with Gasteiger partial charge in [-0.2, -0.15) is 0 Å². The van der Waals surface area contributed by atoms with Crippen molar-refractivity contribution in [1.29, 1.82) is 0 Å². The van der Waals surface area contributed by atoms with Gasteiger partial charge in [-0.1, -0.05) is 6.07 Å². The van der Waals surface area contributed by atoms with E-state index in [4.69, 9.17) is 4.74 Å². The van der Waals surface area contributed by atoms with Crippen LogP contribution in [0, 0.1) is 12.7 Å². The van der Waals surface area contributed by atoms with Crippen molar-refractivity contribution >= 4 is 17.5 Å². The van der Waals surface area contributed by atoms with Crippen LogP contribution < -0.4 is 10.6 Å². The van der Waals surface area contributed by atoms with E-state index in [0.29, 0.717) is 31.2 Å². The second kappa shape index (κ2) is 10.4. The SMILES string of the molecule is COCCN(C(C)=O)C1CCN(C2CCC[C@@H](NC(=O)C3Cc4c(F)ccc(C)c4N3)C2)C1. The number of carbonyl (C=O) groups is 2. The fourth-order valence-electron chi connectivity index (χ4n) is 5.80. The Bertz CT molecular complexity index is 848. The number of anilines is 1. The van der Waals surface area contributed by atoms with Crippen LogP contribution in [0.25, 0.3) is 0 Å². The van der Waals surface area contributed by atoms with Crippen molar-refractivity contribution in [3.63, 3.8) is 0 Å². The molecule has 2 fully saturated rings. The smallest absolute Gasteiger partial charge is 0.243 e. The van der Waals surface area contributed by atoms with Gasteiger partial charge in [-0.05, 0) is 50.7 Å². The fraction of sp³-hybridized carbons (Fsp3) is 0.680. The Morgan fingerprint density at radius 2 is 2.12 bits per heavy atom. The van der Waals surface area contributed by atoms with Gasteiger partial charge in [0.1, 0.15) is 11.9 Å². The Balaban J connectivity index is 1.30. The Hall–Kier alpha value is -2.19. The number of halogens is 1. The third-order valence-electron chi connectivity index (χ3n) is 7.59. The number of hydrogen-bond donors (Lipinski definition) is 2. The molecule has 0 radical (unpaired) electrons. The molecule has 0 spiro atoms. The molecule has 2 N–H and O–H groups in total. The molecule has 3 unspecified atom stereocenters. The zero-order chi connectivity index (χ0) is 23.5. The summed E-state index contributed by atoms with van der Waals surface area (Å²) < 4.78 is 19.4. The van der Waals surface area contributed by atoms with Gasteiger partial charge in [0, 0.05) is 69.5 Å². The predicted octanol–water partition coefficient (Wildman–Crippen LogP) is 2.47. The third kappa shape index (κ3) is 5.32. The maximum absolute atomic E-state index is 14.2. The van der Waals surface area contributed by atoms with Crippen LogP contribution in [0.3, 0.4) is 0 Å². The van der Waals surface area contributed by atoms with Crippen molar-refractivity contribution in [1.82, 2.24) is 15.1 Å². The molecule has 8 heteroatoms. The van der Waals surface area contributed by atoms with E-state index >= 15 is 0 Å². The summed E-state index contributed by atoms with van der Waals surface area (Å²) in [6.07, 6.45) is 5.45. The van der Waals surface area contributed by atoms with Crippen molar-refractivity contribution in [3.8, 4) is 0 Å². The zero-order valence-corrected chi connectivity index (χ0v) is 20.0. The Kier molecular flexibility index (Phi) is 7.54. The van der Waals surface area contributed by atoms with Crippen molar-refractivity contribution in [2.75, 3.05) is 38.7 Å². The monoisotopic (exact) mass is 460 g/mol. The summed E-state index contributed by atoms with van der Waals surface area (Å²) in [4.78, 5) is 29.5. The summed E-state index contributed by atoms with van der Waals surface area (Å²) in [5.41, 5.74) is 2.35. The van der Waals surface area contributed by atoms with Gasteiger partial charge in [-0.25, -0.2) is 4.39 Å². The van der Waals surface area contributed by atoms with Crippen LogP contribution in [-0.2, 0) is 20.7 Å². The minimum absolute atomic E-state index is 0.0442. The van der Waals surface area contributed by atoms with E-state index < -0.39 is 6.04 Å². The number of hydrogen-bond acceptors (Lipinski definition) is 5. The quantitative estimate of drug-likeness (QED) is 0.654. The van der Waals surface area contributed by atoms with Crippen LogP contribution in [0.15, 0.2) is 12.1 Å². The summed E-state index contributed by atoms with van der Waals surface area (Å²) in [6.45, 7) is 6.61. The van der Waals surface area contributed by atoms with Crippen molar-refractivity contribution in [2.45, 2.75) is 76.5 Å². The van der Waals surface area contributed by atoms with Gasteiger partial charge in [0.15, 0.2) is 0 Å². The van der Waals surface area contributed by atoms with Crippen LogP contribution in [0.2, 0.25) is 0 Å². The molecule has 4 rings (SSSR count). The number of ether oxygens (including phenoxy) is 1. The van der Waals surface area contributed by atoms with E-state index in [1.165, 1.54) is 6.07 Å². The van der Waals surface area contributed by atoms with Crippen molar-refractivity contribution < 1.29 is 18.7 Å². The lowest BCUT2D eigenvalue weighted by atomic mass is 9.89. The number of fused-ring (bicyclic) bond motifs is 1. The summed E-state index contributed by atoms with van der Waals surface area (Å²) in [5.74, 6) is -0.188. The molecule has 1 aliphatic carbocycles. The van der Waals surface area contributed by atoms with Crippen LogP contribution in [0.1, 0.15) is 50.2 Å². The van der Waals surface area contributed by atoms with Gasteiger partial charge in [0.25, 0.3) is 0 Å². The lowest BCUT2D eigenvalue weighted by molar-refractivity contribution is -0.131. The maximum atomic E-state index is 14.2. The van der Waals surface area contributed by atoms with Gasteiger partial charge in [0.2, 0.25) is 11.8 Å². The standard InChI is InChI=1S/C25H37FN4O3/c1-16-7-8-22(26)21-14-23(28-24(16)21)25(32)27-18-5-4-6-19(13-18)29-10-9-20(15-29)30(17(2)31)11-12-33-3/h7-8,18-20,23,28H,4-6,9-15H2,1-3H3,(H,27,32)/t18-,19?,20?,23?/m1/s1. The first kappa shape index (κ1) is 24.0. The van der Waals surface area contributed by atoms with Crippen molar-refractivity contribution in [3.05, 3.63) is 29.1 Å². The van der Waals surface area contributed by atoms with Gasteiger partial charge in [-0.3, -0.25) is 14.5 Å². The lowest BCUT2D eigenvalue weighted by Crippen LogP contribution is -2.49. The first-order valence-electron chi connectivity index (χ1n) is 12.2. The minimum atomic E-state index is -0.419. The van der Waals surface area contributed by atoms with E-state index in [1.807, 2.05) is 11.8 Å². The Morgan fingerprint density at radius 3 is 2.85 bits per heavy atom. The van der Waals surface area contributed by atoms with E-state index in [1.54, 1.807) is 20.1 Å². The van der Waals surface area contributed by atoms with Crippen LogP contribution in [-0.4, -0.2) is 79.1 Å². The van der Waals surface area contributed by atoms with Gasteiger partial charge in [-0.15, -0.1) is 0 Å². The topological polar surface area (TPSA) is 73.9 Å². The van der Waals surface area contributed by atoms with Crippen LogP contribution in [0.4, 0.5) is 10.1 Å². The highest BCUT2D eigenvalue weighted by Crippen LogP contribution is 2.32. The number of likely N-dealkylation sites (tertiary alicyclic amines) is 1. The minimum Gasteiger partial charge on any atom is -0.383 e. The molecular weight excluding hydrogens is 423 g/mol. The number of amides is 2. The molecule has 2 heterocycles. The molecule has 2 amide bonds. The second-order valence-electron chi connectivity index (χ2n) is 9.79. The van der Waals surface area contributed by atoms with E-state index in [2.05, 4.69) is 15.5 Å². The fourth-order valence-corrected chi connectivity index (χ4v) is 5.80. The average molecular weight is 461 g/mol. The molecule has 33 heavy (non-hydrogen) atoms. The number of methoxy groups -OCH3 is 1. The molecule has 1 aromatic rings. The van der Waals surface area contributed by atoms with E-state index in [-0.39, 0.29) is 29.7 Å². The average Bonchev–Trinajstić information content (AvgIpc) is 3.45. The second-order valence-corrected chi connectivity index (χ2v) is 9.79. The molecule has 0 bridgehead atoms. The first-order valence-corrected chi connectivity index (χ1v) is 12.2. The summed E-state index contributed by atoms with van der Waals surface area (Å²) >= 11 is 0. The zero-order valence-electron chi connectivity index (χ0n) is 20.0. The molecule has 1 saturated heterocycles. The molecule has 2 aliphatic heterocycles. The molecule has 3 aliphatic rings. The van der Waals surface area contributed by atoms with Crippen LogP contribution >= 0.6 is 0 Å². The number of carbonyl (C=O) groups excluding carboxylic acids is 2. The molecular formula is C25H37FN4O3. The van der Waals surface area contributed by atoms with Gasteiger partial charge in [0.05, 0.1) is 6.61 Å². The molecule has 0 aromatic heterocycles. The summed E-state index contributed by atoms with van der Waals surface area (Å²) in [7, 11) is 1.66. The first-order chi connectivity index (χ1) is 15.9. The van der Waals surface area contributed by atoms with E-state index in [0.717, 1.165) is 56.4 Å². The highest BCUT2D eigenvalue weighted by molar-refractivity contribution is 5.88. The Labute approximate surface area is 196 Å². The van der Waals surface area contributed by atoms with E-state index in [9.17, 15) is 14.0 Å². The highest BCUT2D eigenvalue weighted by atomic mass is 19.1. The van der Waals surface area contributed by atoms with Gasteiger partial charge < -0.3 is 20.3 Å². The number of benzene rings is 1. The van der Waals surface area contributed by atoms with Gasteiger partial charge >= 0.3 is 0 Å². The maximum Gasteiger partial charge on any atom is 0.243 e. The third-order valence-corrected chi connectivity index (χ3v) is 7.59. The number of nitrogens with zero attached hydrogens (tertiary/aromatic N) is 2. The number of aryl methyl sites for hydroxylation is 1. The van der Waals surface area contributed by atoms with Crippen LogP contribution in [0.5, 0.6) is 0 Å². The lowest BCUT2D eigenvalue weighted by Gasteiger charge is -2.36. The number of rotatable bonds is 7. The summed E-state index contributed by atoms with van der Waals surface area (Å²) in [6, 6.07) is 3.58. The molecule has 7 nitrogen and oxygen atoms in total. The largest absolute Gasteiger partial charge is 0.383 e. The molecule has 1 aromatic carbocycles. The molecule has 182 valence electrons. The molecule has 1 saturated carbocycles. The van der Waals surface area contributed by atoms with Crippen molar-refractivity contribution in [2.24, 2.45) is 0 Å².